The molecule has 0 unspecified atom stereocenters. The molecule has 0 saturated heterocycles. The van der Waals surface area contributed by atoms with E-state index in [9.17, 15) is 18.7 Å². The molecular formula is C20H16ClF2N3O3S. The van der Waals surface area contributed by atoms with Gasteiger partial charge in [0.2, 0.25) is 5.82 Å². The molecule has 2 heterocycles. The number of benzene rings is 2. The molecule has 4 rings (SSSR count). The van der Waals surface area contributed by atoms with Gasteiger partial charge in [0.1, 0.15) is 5.75 Å². The summed E-state index contributed by atoms with van der Waals surface area (Å²) < 4.78 is 34.0. The zero-order valence-corrected chi connectivity index (χ0v) is 17.2. The third kappa shape index (κ3) is 3.75. The number of aliphatic carboxylic acids is 1. The maximum absolute atomic E-state index is 13.7. The number of fused-ring (bicyclic) bond motifs is 3. The summed E-state index contributed by atoms with van der Waals surface area (Å²) in [6, 6.07) is 12.3. The molecule has 1 aromatic heterocycles. The number of thioether (sulfide) groups is 1. The summed E-state index contributed by atoms with van der Waals surface area (Å²) >= 11 is 7.56. The highest BCUT2D eigenvalue weighted by molar-refractivity contribution is 8.00. The first-order valence-corrected chi connectivity index (χ1v) is 10.3. The Labute approximate surface area is 179 Å². The van der Waals surface area contributed by atoms with Gasteiger partial charge in [0.15, 0.2) is 5.82 Å². The minimum Gasteiger partial charge on any atom is -0.497 e. The monoisotopic (exact) mass is 451 g/mol. The topological polar surface area (TPSA) is 77.2 Å². The number of hydrogen-bond donors (Lipinski definition) is 1. The summed E-state index contributed by atoms with van der Waals surface area (Å²) in [5.74, 6) is -0.792. The molecule has 3 aromatic rings. The average molecular weight is 452 g/mol. The number of rotatable bonds is 5. The molecule has 10 heteroatoms. The van der Waals surface area contributed by atoms with Gasteiger partial charge in [-0.25, -0.2) is 8.78 Å². The Hall–Kier alpha value is -2.65. The van der Waals surface area contributed by atoms with E-state index in [1.165, 1.54) is 16.3 Å². The Morgan fingerprint density at radius 3 is 2.80 bits per heavy atom. The third-order valence-electron chi connectivity index (χ3n) is 4.77. The van der Waals surface area contributed by atoms with Crippen molar-refractivity contribution in [3.05, 3.63) is 70.3 Å². The van der Waals surface area contributed by atoms with E-state index in [1.54, 1.807) is 31.4 Å². The second kappa shape index (κ2) is 8.23. The van der Waals surface area contributed by atoms with Crippen molar-refractivity contribution < 1.29 is 23.4 Å². The van der Waals surface area contributed by atoms with Crippen LogP contribution in [0.15, 0.2) is 42.5 Å². The molecule has 0 saturated carbocycles. The van der Waals surface area contributed by atoms with Crippen LogP contribution in [-0.4, -0.2) is 33.0 Å². The van der Waals surface area contributed by atoms with Crippen LogP contribution in [0.4, 0.5) is 8.78 Å². The van der Waals surface area contributed by atoms with Crippen molar-refractivity contribution in [2.24, 2.45) is 0 Å². The second-order valence-electron chi connectivity index (χ2n) is 6.63. The largest absolute Gasteiger partial charge is 0.497 e. The fourth-order valence-corrected chi connectivity index (χ4v) is 5.17. The van der Waals surface area contributed by atoms with Crippen LogP contribution < -0.4 is 4.74 Å². The van der Waals surface area contributed by atoms with Gasteiger partial charge in [-0.15, -0.1) is 22.0 Å². The fourth-order valence-electron chi connectivity index (χ4n) is 3.50. The number of alkyl halides is 2. The quantitative estimate of drug-likeness (QED) is 0.573. The fraction of sp³-hybridized carbons (Fsp3) is 0.250. The van der Waals surface area contributed by atoms with E-state index in [0.717, 1.165) is 5.56 Å². The van der Waals surface area contributed by atoms with E-state index in [1.807, 2.05) is 18.2 Å². The van der Waals surface area contributed by atoms with Crippen molar-refractivity contribution in [2.45, 2.75) is 23.3 Å². The van der Waals surface area contributed by atoms with Crippen molar-refractivity contribution in [3.8, 4) is 11.4 Å². The Morgan fingerprint density at radius 2 is 2.10 bits per heavy atom. The van der Waals surface area contributed by atoms with Crippen LogP contribution >= 0.6 is 23.4 Å². The SMILES string of the molecule is COc1cccc([C@H]2S[C@H](CC(=O)O)c3nnc(C(F)F)n3-c3ccc(Cl)cc32)c1. The van der Waals surface area contributed by atoms with Crippen LogP contribution in [0, 0.1) is 0 Å². The number of carboxylic acid groups (broad SMARTS) is 1. The number of halogens is 3. The van der Waals surface area contributed by atoms with E-state index in [-0.39, 0.29) is 17.5 Å². The molecule has 0 fully saturated rings. The summed E-state index contributed by atoms with van der Waals surface area (Å²) in [6.07, 6.45) is -3.17. The van der Waals surface area contributed by atoms with E-state index < -0.39 is 23.5 Å². The van der Waals surface area contributed by atoms with E-state index in [0.29, 0.717) is 22.0 Å². The Morgan fingerprint density at radius 1 is 1.30 bits per heavy atom. The number of hydrogen-bond acceptors (Lipinski definition) is 5. The molecule has 6 nitrogen and oxygen atoms in total. The van der Waals surface area contributed by atoms with Gasteiger partial charge in [-0.3, -0.25) is 9.36 Å². The normalized spacial score (nSPS) is 17.9. The van der Waals surface area contributed by atoms with Crippen LogP contribution in [0.25, 0.3) is 5.69 Å². The summed E-state index contributed by atoms with van der Waals surface area (Å²) in [7, 11) is 1.55. The number of nitrogens with zero attached hydrogens (tertiary/aromatic N) is 3. The van der Waals surface area contributed by atoms with Crippen molar-refractivity contribution in [1.82, 2.24) is 14.8 Å². The standard InChI is InChI=1S/C20H16ClF2N3O3S/c1-29-12-4-2-3-10(7-12)17-13-8-11(21)5-6-14(13)26-19(15(30-17)9-16(27)28)24-25-20(26)18(22)23/h2-8,15,17-18H,9H2,1H3,(H,27,28)/t15-,17-/m1/s1. The Bertz CT molecular complexity index is 1110. The molecule has 0 spiro atoms. The molecule has 2 aromatic carbocycles. The minimum absolute atomic E-state index is 0.173. The molecule has 156 valence electrons. The number of aromatic nitrogens is 3. The summed E-state index contributed by atoms with van der Waals surface area (Å²) in [4.78, 5) is 11.5. The average Bonchev–Trinajstić information content (AvgIpc) is 3.11. The Kier molecular flexibility index (Phi) is 5.66. The third-order valence-corrected chi connectivity index (χ3v) is 6.51. The lowest BCUT2D eigenvalue weighted by molar-refractivity contribution is -0.137. The first-order valence-electron chi connectivity index (χ1n) is 8.93. The molecule has 1 N–H and O–H groups in total. The maximum atomic E-state index is 13.7. The predicted octanol–water partition coefficient (Wildman–Crippen LogP) is 5.22. The molecule has 0 bridgehead atoms. The van der Waals surface area contributed by atoms with Gasteiger partial charge in [0.25, 0.3) is 6.43 Å². The second-order valence-corrected chi connectivity index (χ2v) is 8.38. The lowest BCUT2D eigenvalue weighted by Crippen LogP contribution is -2.10. The van der Waals surface area contributed by atoms with E-state index in [2.05, 4.69) is 10.2 Å². The highest BCUT2D eigenvalue weighted by Crippen LogP contribution is 2.51. The zero-order chi connectivity index (χ0) is 21.4. The van der Waals surface area contributed by atoms with Gasteiger partial charge in [0, 0.05) is 5.02 Å². The van der Waals surface area contributed by atoms with Crippen LogP contribution in [0.5, 0.6) is 5.75 Å². The van der Waals surface area contributed by atoms with Gasteiger partial charge in [0.05, 0.1) is 29.7 Å². The zero-order valence-electron chi connectivity index (χ0n) is 15.6. The number of ether oxygens (including phenoxy) is 1. The highest BCUT2D eigenvalue weighted by atomic mass is 35.5. The lowest BCUT2D eigenvalue weighted by atomic mass is 10.0. The molecule has 0 radical (unpaired) electrons. The maximum Gasteiger partial charge on any atom is 0.304 e. The van der Waals surface area contributed by atoms with Gasteiger partial charge < -0.3 is 9.84 Å². The molecule has 0 aliphatic carbocycles. The molecule has 1 aliphatic rings. The molecule has 2 atom stereocenters. The van der Waals surface area contributed by atoms with Crippen LogP contribution in [0.2, 0.25) is 5.02 Å². The predicted molar refractivity (Wildman–Crippen MR) is 109 cm³/mol. The van der Waals surface area contributed by atoms with Crippen molar-refractivity contribution >= 4 is 29.3 Å². The number of carbonyl (C=O) groups is 1. The lowest BCUT2D eigenvalue weighted by Gasteiger charge is -2.21. The van der Waals surface area contributed by atoms with Gasteiger partial charge in [-0.2, -0.15) is 0 Å². The van der Waals surface area contributed by atoms with E-state index >= 15 is 0 Å². The van der Waals surface area contributed by atoms with Crippen LogP contribution in [0.1, 0.15) is 46.1 Å². The van der Waals surface area contributed by atoms with Gasteiger partial charge >= 0.3 is 5.97 Å². The molecule has 30 heavy (non-hydrogen) atoms. The first-order chi connectivity index (χ1) is 14.4. The van der Waals surface area contributed by atoms with Crippen molar-refractivity contribution in [3.63, 3.8) is 0 Å². The minimum atomic E-state index is -2.88. The Balaban J connectivity index is 1.97. The molecular weight excluding hydrogens is 436 g/mol. The van der Waals surface area contributed by atoms with Crippen molar-refractivity contribution in [1.29, 1.82) is 0 Å². The summed E-state index contributed by atoms with van der Waals surface area (Å²) in [6.45, 7) is 0. The van der Waals surface area contributed by atoms with Crippen LogP contribution in [0.3, 0.4) is 0 Å². The first kappa shape index (κ1) is 20.6. The van der Waals surface area contributed by atoms with Gasteiger partial charge in [-0.1, -0.05) is 23.7 Å². The number of methoxy groups -OCH3 is 1. The molecule has 1 aliphatic heterocycles. The van der Waals surface area contributed by atoms with Gasteiger partial charge in [-0.05, 0) is 41.5 Å². The van der Waals surface area contributed by atoms with Crippen LogP contribution in [-0.2, 0) is 4.79 Å². The summed E-state index contributed by atoms with van der Waals surface area (Å²) in [5.41, 5.74) is 1.94. The van der Waals surface area contributed by atoms with E-state index in [4.69, 9.17) is 16.3 Å². The molecule has 0 amide bonds. The number of carboxylic acids is 1. The highest BCUT2D eigenvalue weighted by Gasteiger charge is 2.36. The summed E-state index contributed by atoms with van der Waals surface area (Å²) in [5, 5.41) is 16.4. The van der Waals surface area contributed by atoms with Crippen molar-refractivity contribution in [2.75, 3.05) is 7.11 Å². The smallest absolute Gasteiger partial charge is 0.304 e.